The van der Waals surface area contributed by atoms with Crippen molar-refractivity contribution < 1.29 is 0 Å². The second kappa shape index (κ2) is 7.36. The molecule has 0 N–H and O–H groups in total. The van der Waals surface area contributed by atoms with Crippen LogP contribution in [0.2, 0.25) is 10.0 Å². The van der Waals surface area contributed by atoms with Crippen molar-refractivity contribution in [3.8, 4) is 17.5 Å². The van der Waals surface area contributed by atoms with Gasteiger partial charge in [0.1, 0.15) is 0 Å². The molecule has 0 fully saturated rings. The molecule has 0 radical (unpaired) electrons. The Balaban J connectivity index is 2.49. The molecule has 7 heteroatoms. The van der Waals surface area contributed by atoms with Gasteiger partial charge in [0.15, 0.2) is 11.0 Å². The van der Waals surface area contributed by atoms with Crippen LogP contribution in [0.3, 0.4) is 0 Å². The van der Waals surface area contributed by atoms with Gasteiger partial charge in [-0.3, -0.25) is 0 Å². The third-order valence-corrected chi connectivity index (χ3v) is 4.42. The highest BCUT2D eigenvalue weighted by Crippen LogP contribution is 2.32. The molecular weight excluding hydrogens is 339 g/mol. The highest BCUT2D eigenvalue weighted by Gasteiger charge is 2.19. The Bertz CT molecular complexity index is 706. The number of halogens is 2. The zero-order chi connectivity index (χ0) is 16.3. The molecular formula is C15H16Cl2N4S. The molecule has 0 amide bonds. The zero-order valence-electron chi connectivity index (χ0n) is 12.5. The Morgan fingerprint density at radius 3 is 2.59 bits per heavy atom. The molecule has 2 rings (SSSR count). The zero-order valence-corrected chi connectivity index (χ0v) is 14.9. The van der Waals surface area contributed by atoms with Crippen molar-refractivity contribution in [2.45, 2.75) is 37.7 Å². The van der Waals surface area contributed by atoms with E-state index < -0.39 is 0 Å². The largest absolute Gasteiger partial charge is 0.302 e. The van der Waals surface area contributed by atoms with Crippen LogP contribution in [0.4, 0.5) is 0 Å². The van der Waals surface area contributed by atoms with Gasteiger partial charge in [-0.05, 0) is 31.0 Å². The van der Waals surface area contributed by atoms with Gasteiger partial charge >= 0.3 is 0 Å². The summed E-state index contributed by atoms with van der Waals surface area (Å²) in [6, 6.07) is 7.51. The number of nitrogens with zero attached hydrogens (tertiary/aromatic N) is 4. The summed E-state index contributed by atoms with van der Waals surface area (Å²) < 4.78 is 2.01. The smallest absolute Gasteiger partial charge is 0.192 e. The Morgan fingerprint density at radius 2 is 2.00 bits per heavy atom. The van der Waals surface area contributed by atoms with Crippen molar-refractivity contribution >= 4 is 35.0 Å². The minimum absolute atomic E-state index is 0.191. The van der Waals surface area contributed by atoms with Crippen LogP contribution in [0, 0.1) is 17.2 Å². The lowest BCUT2D eigenvalue weighted by Gasteiger charge is -2.13. The molecule has 0 unspecified atom stereocenters. The fraction of sp³-hybridized carbons (Fsp3) is 0.400. The second-order valence-electron chi connectivity index (χ2n) is 5.32. The number of aromatic nitrogens is 3. The van der Waals surface area contributed by atoms with Crippen molar-refractivity contribution in [2.24, 2.45) is 5.92 Å². The summed E-state index contributed by atoms with van der Waals surface area (Å²) in [5, 5.41) is 19.2. The van der Waals surface area contributed by atoms with E-state index >= 15 is 0 Å². The van der Waals surface area contributed by atoms with Gasteiger partial charge in [-0.1, -0.05) is 48.8 Å². The quantitative estimate of drug-likeness (QED) is 0.715. The Labute approximate surface area is 144 Å². The van der Waals surface area contributed by atoms with E-state index in [2.05, 4.69) is 30.1 Å². The van der Waals surface area contributed by atoms with Crippen molar-refractivity contribution in [3.63, 3.8) is 0 Å². The first kappa shape index (κ1) is 17.1. The lowest BCUT2D eigenvalue weighted by molar-refractivity contribution is 0.498. The maximum absolute atomic E-state index is 9.00. The summed E-state index contributed by atoms with van der Waals surface area (Å²) in [7, 11) is 0. The average Bonchev–Trinajstić information content (AvgIpc) is 2.81. The fourth-order valence-corrected chi connectivity index (χ4v) is 3.20. The van der Waals surface area contributed by atoms with Crippen LogP contribution in [-0.2, 0) is 6.54 Å². The highest BCUT2D eigenvalue weighted by molar-refractivity contribution is 8.00. The molecule has 0 saturated heterocycles. The van der Waals surface area contributed by atoms with Crippen LogP contribution in [0.1, 0.15) is 20.8 Å². The van der Waals surface area contributed by atoms with Crippen LogP contribution in [0.5, 0.6) is 0 Å². The van der Waals surface area contributed by atoms with Gasteiger partial charge in [0.2, 0.25) is 0 Å². The molecule has 0 saturated carbocycles. The van der Waals surface area contributed by atoms with Crippen molar-refractivity contribution in [1.82, 2.24) is 14.8 Å². The number of rotatable bonds is 5. The highest BCUT2D eigenvalue weighted by atomic mass is 35.5. The molecule has 1 atom stereocenters. The average molecular weight is 355 g/mol. The lowest BCUT2D eigenvalue weighted by Crippen LogP contribution is -2.09. The third-order valence-electron chi connectivity index (χ3n) is 2.90. The second-order valence-corrected chi connectivity index (χ2v) is 7.48. The summed E-state index contributed by atoms with van der Waals surface area (Å²) in [6.07, 6.45) is 0. The Kier molecular flexibility index (Phi) is 5.74. The SMILES string of the molecule is CC(C)Cn1c(S[C@@H](C)C#N)nnc1-c1ccc(Cl)cc1Cl. The maximum Gasteiger partial charge on any atom is 0.192 e. The first-order valence-corrected chi connectivity index (χ1v) is 8.50. The number of benzene rings is 1. The minimum Gasteiger partial charge on any atom is -0.302 e. The van der Waals surface area contributed by atoms with E-state index in [1.165, 1.54) is 11.8 Å². The molecule has 1 heterocycles. The molecule has 0 aliphatic heterocycles. The molecule has 116 valence electrons. The maximum atomic E-state index is 9.00. The van der Waals surface area contributed by atoms with Gasteiger partial charge in [0.05, 0.1) is 16.3 Å². The van der Waals surface area contributed by atoms with E-state index in [-0.39, 0.29) is 5.25 Å². The van der Waals surface area contributed by atoms with Gasteiger partial charge in [0.25, 0.3) is 0 Å². The monoisotopic (exact) mass is 354 g/mol. The first-order chi connectivity index (χ1) is 10.4. The van der Waals surface area contributed by atoms with Crippen molar-refractivity contribution in [2.75, 3.05) is 0 Å². The third kappa shape index (κ3) is 3.95. The van der Waals surface area contributed by atoms with Crippen LogP contribution >= 0.6 is 35.0 Å². The summed E-state index contributed by atoms with van der Waals surface area (Å²) in [5.74, 6) is 1.11. The van der Waals surface area contributed by atoms with E-state index in [9.17, 15) is 0 Å². The van der Waals surface area contributed by atoms with Crippen LogP contribution in [0.25, 0.3) is 11.4 Å². The van der Waals surface area contributed by atoms with Crippen LogP contribution < -0.4 is 0 Å². The van der Waals surface area contributed by atoms with Gasteiger partial charge in [-0.25, -0.2) is 0 Å². The minimum atomic E-state index is -0.191. The Morgan fingerprint density at radius 1 is 1.27 bits per heavy atom. The molecule has 0 aliphatic carbocycles. The number of nitriles is 1. The number of hydrogen-bond acceptors (Lipinski definition) is 4. The Hall–Kier alpha value is -1.22. The summed E-state index contributed by atoms with van der Waals surface area (Å²) in [5.41, 5.74) is 0.788. The van der Waals surface area contributed by atoms with Gasteiger partial charge in [0, 0.05) is 17.1 Å². The van der Waals surface area contributed by atoms with Crippen molar-refractivity contribution in [1.29, 1.82) is 5.26 Å². The molecule has 1 aromatic heterocycles. The van der Waals surface area contributed by atoms with Crippen LogP contribution in [0.15, 0.2) is 23.4 Å². The molecule has 0 aliphatic rings. The van der Waals surface area contributed by atoms with E-state index in [0.29, 0.717) is 21.8 Å². The summed E-state index contributed by atoms with van der Waals surface area (Å²) in [6.45, 7) is 6.83. The fourth-order valence-electron chi connectivity index (χ4n) is 1.96. The molecule has 0 spiro atoms. The normalized spacial score (nSPS) is 12.4. The van der Waals surface area contributed by atoms with Crippen LogP contribution in [-0.4, -0.2) is 20.0 Å². The van der Waals surface area contributed by atoms with Crippen molar-refractivity contribution in [3.05, 3.63) is 28.2 Å². The molecule has 0 bridgehead atoms. The molecule has 22 heavy (non-hydrogen) atoms. The standard InChI is InChI=1S/C15H16Cl2N4S/c1-9(2)8-21-14(12-5-4-11(16)6-13(12)17)19-20-15(21)22-10(3)7-18/h4-6,9-10H,8H2,1-3H3/t10-/m0/s1. The lowest BCUT2D eigenvalue weighted by atomic mass is 10.2. The summed E-state index contributed by atoms with van der Waals surface area (Å²) in [4.78, 5) is 0. The van der Waals surface area contributed by atoms with E-state index in [1.54, 1.807) is 12.1 Å². The molecule has 2 aromatic rings. The molecule has 1 aromatic carbocycles. The van der Waals surface area contributed by atoms with Gasteiger partial charge in [-0.2, -0.15) is 5.26 Å². The first-order valence-electron chi connectivity index (χ1n) is 6.87. The van der Waals surface area contributed by atoms with E-state index in [4.69, 9.17) is 28.5 Å². The predicted molar refractivity (Wildman–Crippen MR) is 91.2 cm³/mol. The van der Waals surface area contributed by atoms with E-state index in [1.807, 2.05) is 17.6 Å². The number of thioether (sulfide) groups is 1. The predicted octanol–water partition coefficient (Wildman–Crippen LogP) is 4.91. The molecule has 4 nitrogen and oxygen atoms in total. The number of hydrogen-bond donors (Lipinski definition) is 0. The summed E-state index contributed by atoms with van der Waals surface area (Å²) >= 11 is 13.6. The van der Waals surface area contributed by atoms with E-state index in [0.717, 1.165) is 17.3 Å². The topological polar surface area (TPSA) is 54.5 Å². The van der Waals surface area contributed by atoms with Gasteiger partial charge in [-0.15, -0.1) is 10.2 Å². The van der Waals surface area contributed by atoms with Gasteiger partial charge < -0.3 is 4.57 Å².